The zero-order valence-electron chi connectivity index (χ0n) is 15.6. The number of benzene rings is 2. The minimum atomic E-state index is -0.116. The number of hydrogen-bond donors (Lipinski definition) is 2. The van der Waals surface area contributed by atoms with Gasteiger partial charge in [0.1, 0.15) is 0 Å². The first-order valence-electron chi connectivity index (χ1n) is 9.53. The van der Waals surface area contributed by atoms with Crippen molar-refractivity contribution in [3.05, 3.63) is 71.9 Å². The highest BCUT2D eigenvalue weighted by Crippen LogP contribution is 2.34. The summed E-state index contributed by atoms with van der Waals surface area (Å²) in [5, 5.41) is 4.20. The van der Waals surface area contributed by atoms with Crippen LogP contribution in [0.3, 0.4) is 0 Å². The van der Waals surface area contributed by atoms with Crippen molar-refractivity contribution in [2.45, 2.75) is 18.8 Å². The molecule has 4 nitrogen and oxygen atoms in total. The van der Waals surface area contributed by atoms with E-state index in [4.69, 9.17) is 0 Å². The molecule has 0 bridgehead atoms. The second-order valence-corrected chi connectivity index (χ2v) is 7.32. The Hall–Kier alpha value is -2.85. The Balaban J connectivity index is 1.50. The fraction of sp³-hybridized carbons (Fsp3) is 0.261. The van der Waals surface area contributed by atoms with Crippen LogP contribution < -0.4 is 5.32 Å². The molecule has 1 aliphatic heterocycles. The Labute approximate surface area is 159 Å². The molecule has 1 aliphatic rings. The first-order valence-corrected chi connectivity index (χ1v) is 9.53. The van der Waals surface area contributed by atoms with Crippen molar-refractivity contribution in [1.29, 1.82) is 0 Å². The molecular formula is C23H25N3O. The number of rotatable bonds is 4. The van der Waals surface area contributed by atoms with Gasteiger partial charge in [-0.05, 0) is 74.3 Å². The molecule has 0 atom stereocenters. The number of piperidine rings is 1. The quantitative estimate of drug-likeness (QED) is 0.667. The average molecular weight is 359 g/mol. The summed E-state index contributed by atoms with van der Waals surface area (Å²) in [6.45, 7) is 2.27. The summed E-state index contributed by atoms with van der Waals surface area (Å²) in [4.78, 5) is 18.0. The molecular weight excluding hydrogens is 334 g/mol. The Morgan fingerprint density at radius 2 is 1.93 bits per heavy atom. The standard InChI is InChI=1S/C23H25N3O/c1-26-13-11-18(12-14-26)21-16-24-22-9-8-19(15-20(21)22)25-23(27)10-7-17-5-3-2-4-6-17/h2-10,15-16,18,24H,11-14H2,1H3,(H,25,27). The maximum Gasteiger partial charge on any atom is 0.248 e. The monoisotopic (exact) mass is 359 g/mol. The molecule has 2 N–H and O–H groups in total. The van der Waals surface area contributed by atoms with Gasteiger partial charge >= 0.3 is 0 Å². The first-order chi connectivity index (χ1) is 13.2. The van der Waals surface area contributed by atoms with Crippen LogP contribution in [0.5, 0.6) is 0 Å². The van der Waals surface area contributed by atoms with E-state index >= 15 is 0 Å². The molecule has 0 radical (unpaired) electrons. The van der Waals surface area contributed by atoms with Gasteiger partial charge in [0.2, 0.25) is 5.91 Å². The summed E-state index contributed by atoms with van der Waals surface area (Å²) >= 11 is 0. The summed E-state index contributed by atoms with van der Waals surface area (Å²) in [6, 6.07) is 15.9. The zero-order chi connectivity index (χ0) is 18.6. The molecule has 2 aromatic carbocycles. The Morgan fingerprint density at radius 1 is 1.15 bits per heavy atom. The van der Waals surface area contributed by atoms with Gasteiger partial charge in [-0.3, -0.25) is 4.79 Å². The van der Waals surface area contributed by atoms with Crippen LogP contribution in [0.1, 0.15) is 29.9 Å². The van der Waals surface area contributed by atoms with Crippen molar-refractivity contribution in [2.75, 3.05) is 25.5 Å². The number of amides is 1. The van der Waals surface area contributed by atoms with Gasteiger partial charge in [0.05, 0.1) is 0 Å². The van der Waals surface area contributed by atoms with E-state index in [2.05, 4.69) is 34.5 Å². The Bertz CT molecular complexity index is 950. The average Bonchev–Trinajstić information content (AvgIpc) is 3.11. The molecule has 0 aliphatic carbocycles. The van der Waals surface area contributed by atoms with Gasteiger partial charge in [-0.1, -0.05) is 30.3 Å². The number of carbonyl (C=O) groups is 1. The van der Waals surface area contributed by atoms with Crippen LogP contribution in [0.15, 0.2) is 60.8 Å². The molecule has 0 spiro atoms. The number of carbonyl (C=O) groups excluding carboxylic acids is 1. The van der Waals surface area contributed by atoms with Crippen molar-refractivity contribution in [2.24, 2.45) is 0 Å². The molecule has 0 saturated carbocycles. The van der Waals surface area contributed by atoms with Gasteiger partial charge in [-0.25, -0.2) is 0 Å². The third-order valence-electron chi connectivity index (χ3n) is 5.37. The number of nitrogens with one attached hydrogen (secondary N) is 2. The fourth-order valence-corrected chi connectivity index (χ4v) is 3.80. The lowest BCUT2D eigenvalue weighted by molar-refractivity contribution is -0.111. The highest BCUT2D eigenvalue weighted by Gasteiger charge is 2.21. The summed E-state index contributed by atoms with van der Waals surface area (Å²) in [6.07, 6.45) is 7.91. The molecule has 2 heterocycles. The lowest BCUT2D eigenvalue weighted by Crippen LogP contribution is -2.29. The van der Waals surface area contributed by atoms with E-state index in [9.17, 15) is 4.79 Å². The maximum atomic E-state index is 12.3. The van der Waals surface area contributed by atoms with Crippen molar-refractivity contribution in [3.8, 4) is 0 Å². The lowest BCUT2D eigenvalue weighted by Gasteiger charge is -2.28. The predicted molar refractivity (Wildman–Crippen MR) is 112 cm³/mol. The van der Waals surface area contributed by atoms with Crippen LogP contribution in [-0.2, 0) is 4.79 Å². The maximum absolute atomic E-state index is 12.3. The van der Waals surface area contributed by atoms with E-state index in [-0.39, 0.29) is 5.91 Å². The Kier molecular flexibility index (Phi) is 5.07. The smallest absolute Gasteiger partial charge is 0.248 e. The molecule has 1 aromatic heterocycles. The van der Waals surface area contributed by atoms with Crippen LogP contribution in [0.2, 0.25) is 0 Å². The number of hydrogen-bond acceptors (Lipinski definition) is 2. The van der Waals surface area contributed by atoms with Crippen LogP contribution in [0, 0.1) is 0 Å². The van der Waals surface area contributed by atoms with Crippen molar-refractivity contribution in [1.82, 2.24) is 9.88 Å². The largest absolute Gasteiger partial charge is 0.361 e. The van der Waals surface area contributed by atoms with Crippen LogP contribution in [0.25, 0.3) is 17.0 Å². The van der Waals surface area contributed by atoms with Crippen molar-refractivity contribution >= 4 is 28.6 Å². The first kappa shape index (κ1) is 17.6. The highest BCUT2D eigenvalue weighted by molar-refractivity contribution is 6.03. The topological polar surface area (TPSA) is 48.1 Å². The number of likely N-dealkylation sites (tertiary alicyclic amines) is 1. The van der Waals surface area contributed by atoms with Crippen LogP contribution >= 0.6 is 0 Å². The van der Waals surface area contributed by atoms with Crippen molar-refractivity contribution < 1.29 is 4.79 Å². The summed E-state index contributed by atoms with van der Waals surface area (Å²) in [5.74, 6) is 0.466. The predicted octanol–water partition coefficient (Wildman–Crippen LogP) is 4.63. The number of fused-ring (bicyclic) bond motifs is 1. The second-order valence-electron chi connectivity index (χ2n) is 7.32. The van der Waals surface area contributed by atoms with E-state index < -0.39 is 0 Å². The van der Waals surface area contributed by atoms with E-state index in [1.54, 1.807) is 6.08 Å². The molecule has 27 heavy (non-hydrogen) atoms. The van der Waals surface area contributed by atoms with E-state index in [1.165, 1.54) is 23.8 Å². The molecule has 1 amide bonds. The number of aromatic amines is 1. The van der Waals surface area contributed by atoms with Gasteiger partial charge in [-0.15, -0.1) is 0 Å². The SMILES string of the molecule is CN1CCC(c2c[nH]c3ccc(NC(=O)C=Cc4ccccc4)cc23)CC1. The van der Waals surface area contributed by atoms with Crippen LogP contribution in [0.4, 0.5) is 5.69 Å². The van der Waals surface area contributed by atoms with Gasteiger partial charge in [-0.2, -0.15) is 0 Å². The van der Waals surface area contributed by atoms with Gasteiger partial charge in [0.15, 0.2) is 0 Å². The molecule has 3 aromatic rings. The van der Waals surface area contributed by atoms with Gasteiger partial charge < -0.3 is 15.2 Å². The molecule has 4 rings (SSSR count). The summed E-state index contributed by atoms with van der Waals surface area (Å²) in [7, 11) is 2.18. The third-order valence-corrected chi connectivity index (χ3v) is 5.37. The minimum absolute atomic E-state index is 0.116. The normalized spacial score (nSPS) is 16.2. The number of H-pyrrole nitrogens is 1. The summed E-state index contributed by atoms with van der Waals surface area (Å²) < 4.78 is 0. The fourth-order valence-electron chi connectivity index (χ4n) is 3.80. The van der Waals surface area contributed by atoms with E-state index in [1.807, 2.05) is 48.5 Å². The second kappa shape index (κ2) is 7.80. The van der Waals surface area contributed by atoms with Gasteiger partial charge in [0, 0.05) is 28.9 Å². The molecule has 138 valence electrons. The lowest BCUT2D eigenvalue weighted by atomic mass is 9.89. The zero-order valence-corrected chi connectivity index (χ0v) is 15.6. The molecule has 0 unspecified atom stereocenters. The summed E-state index contributed by atoms with van der Waals surface area (Å²) in [5.41, 5.74) is 4.34. The Morgan fingerprint density at radius 3 is 2.70 bits per heavy atom. The third kappa shape index (κ3) is 4.12. The van der Waals surface area contributed by atoms with Gasteiger partial charge in [0.25, 0.3) is 0 Å². The highest BCUT2D eigenvalue weighted by atomic mass is 16.1. The molecule has 1 saturated heterocycles. The van der Waals surface area contributed by atoms with Crippen molar-refractivity contribution in [3.63, 3.8) is 0 Å². The molecule has 1 fully saturated rings. The number of nitrogens with zero attached hydrogens (tertiary/aromatic N) is 1. The number of aromatic nitrogens is 1. The van der Waals surface area contributed by atoms with E-state index in [0.717, 1.165) is 29.9 Å². The molecule has 4 heteroatoms. The number of anilines is 1. The van der Waals surface area contributed by atoms with E-state index in [0.29, 0.717) is 5.92 Å². The van der Waals surface area contributed by atoms with Crippen LogP contribution in [-0.4, -0.2) is 35.9 Å². The minimum Gasteiger partial charge on any atom is -0.361 e.